The van der Waals surface area contributed by atoms with Gasteiger partial charge >= 0.3 is 0 Å². The van der Waals surface area contributed by atoms with Gasteiger partial charge in [-0.25, -0.2) is 9.97 Å². The Morgan fingerprint density at radius 2 is 1.95 bits per heavy atom. The highest BCUT2D eigenvalue weighted by atomic mass is 15.2. The molecule has 0 radical (unpaired) electrons. The molecule has 0 aliphatic carbocycles. The Kier molecular flexibility index (Phi) is 3.11. The number of fused-ring (bicyclic) bond motifs is 1. The van der Waals surface area contributed by atoms with Crippen LogP contribution >= 0.6 is 0 Å². The monoisotopic (exact) mass is 256 g/mol. The van der Waals surface area contributed by atoms with Gasteiger partial charge in [0, 0.05) is 18.5 Å². The molecule has 0 unspecified atom stereocenters. The van der Waals surface area contributed by atoms with Gasteiger partial charge in [0.05, 0.1) is 5.52 Å². The highest BCUT2D eigenvalue weighted by Crippen LogP contribution is 2.31. The molecular weight excluding hydrogens is 236 g/mol. The van der Waals surface area contributed by atoms with Crippen molar-refractivity contribution in [2.45, 2.75) is 20.3 Å². The van der Waals surface area contributed by atoms with E-state index in [9.17, 15) is 0 Å². The molecule has 100 valence electrons. The summed E-state index contributed by atoms with van der Waals surface area (Å²) in [6, 6.07) is 4.35. The van der Waals surface area contributed by atoms with Crippen molar-refractivity contribution in [3.63, 3.8) is 0 Å². The van der Waals surface area contributed by atoms with Gasteiger partial charge < -0.3 is 10.6 Å². The molecule has 1 aromatic carbocycles. The Bertz CT molecular complexity index is 602. The molecule has 4 nitrogen and oxygen atoms in total. The van der Waals surface area contributed by atoms with Crippen LogP contribution in [0.3, 0.4) is 0 Å². The number of hydrogen-bond acceptors (Lipinski definition) is 4. The second kappa shape index (κ2) is 4.78. The topological polar surface area (TPSA) is 55.0 Å². The minimum Gasteiger partial charge on any atom is -0.355 e. The molecule has 19 heavy (non-hydrogen) atoms. The van der Waals surface area contributed by atoms with Crippen LogP contribution in [-0.2, 0) is 0 Å². The molecule has 0 spiro atoms. The Labute approximate surface area is 113 Å². The SMILES string of the molecule is Cc1cc2ncnc(N3CC(CCN)C3)c2cc1C. The Balaban J connectivity index is 1.94. The largest absolute Gasteiger partial charge is 0.355 e. The first-order valence-electron chi connectivity index (χ1n) is 6.86. The van der Waals surface area contributed by atoms with Crippen LogP contribution in [0.1, 0.15) is 17.5 Å². The molecule has 1 aliphatic heterocycles. The number of benzene rings is 1. The molecular formula is C15H20N4. The summed E-state index contributed by atoms with van der Waals surface area (Å²) < 4.78 is 0. The van der Waals surface area contributed by atoms with E-state index in [2.05, 4.69) is 40.8 Å². The Morgan fingerprint density at radius 3 is 2.68 bits per heavy atom. The van der Waals surface area contributed by atoms with E-state index in [1.165, 1.54) is 11.1 Å². The van der Waals surface area contributed by atoms with Crippen LogP contribution in [0.15, 0.2) is 18.5 Å². The van der Waals surface area contributed by atoms with Crippen molar-refractivity contribution in [2.75, 3.05) is 24.5 Å². The van der Waals surface area contributed by atoms with Crippen molar-refractivity contribution in [1.29, 1.82) is 0 Å². The van der Waals surface area contributed by atoms with Crippen molar-refractivity contribution in [3.05, 3.63) is 29.6 Å². The number of aryl methyl sites for hydroxylation is 2. The van der Waals surface area contributed by atoms with Gasteiger partial charge in [0.2, 0.25) is 0 Å². The Morgan fingerprint density at radius 1 is 1.21 bits per heavy atom. The lowest BCUT2D eigenvalue weighted by Crippen LogP contribution is -2.48. The van der Waals surface area contributed by atoms with Gasteiger partial charge in [-0.2, -0.15) is 0 Å². The van der Waals surface area contributed by atoms with Crippen LogP contribution in [0, 0.1) is 19.8 Å². The van der Waals surface area contributed by atoms with Gasteiger partial charge in [-0.1, -0.05) is 0 Å². The molecule has 3 rings (SSSR count). The molecule has 1 saturated heterocycles. The molecule has 1 aliphatic rings. The fraction of sp³-hybridized carbons (Fsp3) is 0.467. The van der Waals surface area contributed by atoms with E-state index in [1.807, 2.05) is 0 Å². The number of nitrogens with two attached hydrogens (primary N) is 1. The maximum Gasteiger partial charge on any atom is 0.139 e. The minimum atomic E-state index is 0.724. The lowest BCUT2D eigenvalue weighted by Gasteiger charge is -2.40. The van der Waals surface area contributed by atoms with E-state index >= 15 is 0 Å². The summed E-state index contributed by atoms with van der Waals surface area (Å²) in [6.45, 7) is 7.17. The summed E-state index contributed by atoms with van der Waals surface area (Å²) in [7, 11) is 0. The third-order valence-corrected chi connectivity index (χ3v) is 4.06. The van der Waals surface area contributed by atoms with Crippen molar-refractivity contribution in [2.24, 2.45) is 11.7 Å². The van der Waals surface area contributed by atoms with E-state index in [4.69, 9.17) is 5.73 Å². The average molecular weight is 256 g/mol. The summed E-state index contributed by atoms with van der Waals surface area (Å²) in [6.07, 6.45) is 2.78. The highest BCUT2D eigenvalue weighted by Gasteiger charge is 2.28. The lowest BCUT2D eigenvalue weighted by atomic mass is 9.95. The van der Waals surface area contributed by atoms with Crippen molar-refractivity contribution in [1.82, 2.24) is 9.97 Å². The highest BCUT2D eigenvalue weighted by molar-refractivity contribution is 5.90. The number of hydrogen-bond donors (Lipinski definition) is 1. The molecule has 0 bridgehead atoms. The third-order valence-electron chi connectivity index (χ3n) is 4.06. The van der Waals surface area contributed by atoms with Crippen LogP contribution in [0.5, 0.6) is 0 Å². The molecule has 0 saturated carbocycles. The fourth-order valence-electron chi connectivity index (χ4n) is 2.72. The molecule has 0 atom stereocenters. The van der Waals surface area contributed by atoms with Gasteiger partial charge in [0.1, 0.15) is 12.1 Å². The molecule has 2 heterocycles. The fourth-order valence-corrected chi connectivity index (χ4v) is 2.72. The lowest BCUT2D eigenvalue weighted by molar-refractivity contribution is 0.387. The number of rotatable bonds is 3. The van der Waals surface area contributed by atoms with E-state index in [0.29, 0.717) is 0 Å². The first kappa shape index (κ1) is 12.4. The molecule has 2 aromatic rings. The smallest absolute Gasteiger partial charge is 0.139 e. The van der Waals surface area contributed by atoms with Crippen LogP contribution in [0.25, 0.3) is 10.9 Å². The number of aromatic nitrogens is 2. The third kappa shape index (κ3) is 2.16. The molecule has 4 heteroatoms. The molecule has 1 aromatic heterocycles. The molecule has 0 amide bonds. The van der Waals surface area contributed by atoms with E-state index in [1.54, 1.807) is 6.33 Å². The quantitative estimate of drug-likeness (QED) is 0.913. The second-order valence-electron chi connectivity index (χ2n) is 5.50. The zero-order valence-corrected chi connectivity index (χ0v) is 11.6. The van der Waals surface area contributed by atoms with Crippen LogP contribution in [0.4, 0.5) is 5.82 Å². The average Bonchev–Trinajstić information content (AvgIpc) is 2.34. The second-order valence-corrected chi connectivity index (χ2v) is 5.50. The predicted octanol–water partition coefficient (Wildman–Crippen LogP) is 2.03. The zero-order chi connectivity index (χ0) is 13.4. The number of nitrogens with zero attached hydrogens (tertiary/aromatic N) is 3. The van der Waals surface area contributed by atoms with Gasteiger partial charge in [-0.05, 0) is 56.0 Å². The van der Waals surface area contributed by atoms with Crippen LogP contribution in [0.2, 0.25) is 0 Å². The summed E-state index contributed by atoms with van der Waals surface area (Å²) in [5, 5.41) is 1.16. The maximum atomic E-state index is 5.61. The van der Waals surface area contributed by atoms with Crippen molar-refractivity contribution in [3.8, 4) is 0 Å². The number of anilines is 1. The molecule has 2 N–H and O–H groups in total. The van der Waals surface area contributed by atoms with Crippen LogP contribution in [-0.4, -0.2) is 29.6 Å². The van der Waals surface area contributed by atoms with Gasteiger partial charge in [-0.15, -0.1) is 0 Å². The van der Waals surface area contributed by atoms with Crippen LogP contribution < -0.4 is 10.6 Å². The summed E-state index contributed by atoms with van der Waals surface area (Å²) in [5.41, 5.74) is 9.22. The first-order chi connectivity index (χ1) is 9.19. The summed E-state index contributed by atoms with van der Waals surface area (Å²) >= 11 is 0. The molecule has 1 fully saturated rings. The predicted molar refractivity (Wildman–Crippen MR) is 78.4 cm³/mol. The summed E-state index contributed by atoms with van der Waals surface area (Å²) in [4.78, 5) is 11.2. The van der Waals surface area contributed by atoms with E-state index in [-0.39, 0.29) is 0 Å². The van der Waals surface area contributed by atoms with Gasteiger partial charge in [-0.3, -0.25) is 0 Å². The van der Waals surface area contributed by atoms with E-state index in [0.717, 1.165) is 48.7 Å². The normalized spacial score (nSPS) is 15.8. The van der Waals surface area contributed by atoms with Crippen molar-refractivity contribution >= 4 is 16.7 Å². The summed E-state index contributed by atoms with van der Waals surface area (Å²) in [5.74, 6) is 1.79. The van der Waals surface area contributed by atoms with Gasteiger partial charge in [0.25, 0.3) is 0 Å². The van der Waals surface area contributed by atoms with E-state index < -0.39 is 0 Å². The zero-order valence-electron chi connectivity index (χ0n) is 11.6. The maximum absolute atomic E-state index is 5.61. The standard InChI is InChI=1S/C15H20N4/c1-10-5-13-14(6-11(10)2)17-9-18-15(13)19-7-12(8-19)3-4-16/h5-6,9,12H,3-4,7-8,16H2,1-2H3. The van der Waals surface area contributed by atoms with Gasteiger partial charge in [0.15, 0.2) is 0 Å². The minimum absolute atomic E-state index is 0.724. The first-order valence-corrected chi connectivity index (χ1v) is 6.86. The van der Waals surface area contributed by atoms with Crippen molar-refractivity contribution < 1.29 is 0 Å². The Hall–Kier alpha value is -1.68.